The Kier molecular flexibility index (Phi) is 4.05. The van der Waals surface area contributed by atoms with E-state index in [9.17, 15) is 9.59 Å². The highest BCUT2D eigenvalue weighted by atomic mass is 16.5. The molecule has 3 aromatic rings. The molecular formula is C26H21NO5. The van der Waals surface area contributed by atoms with Gasteiger partial charge in [0, 0.05) is 23.7 Å². The van der Waals surface area contributed by atoms with Crippen LogP contribution in [0.15, 0.2) is 60.7 Å². The molecule has 3 aliphatic heterocycles. The number of nitrogens with zero attached hydrogens (tertiary/aromatic N) is 1. The molecule has 0 radical (unpaired) electrons. The lowest BCUT2D eigenvalue weighted by molar-refractivity contribution is -0.122. The molecule has 160 valence electrons. The fourth-order valence-corrected chi connectivity index (χ4v) is 5.10. The third-order valence-electron chi connectivity index (χ3n) is 6.65. The third kappa shape index (κ3) is 2.52. The number of esters is 1. The molecule has 0 aromatic heterocycles. The van der Waals surface area contributed by atoms with Gasteiger partial charge in [0.25, 0.3) is 0 Å². The van der Waals surface area contributed by atoms with Crippen LogP contribution in [0.3, 0.4) is 0 Å². The number of carbonyl (C=O) groups is 2. The molecule has 1 atom stereocenters. The van der Waals surface area contributed by atoms with Gasteiger partial charge in [-0.25, -0.2) is 4.79 Å². The van der Waals surface area contributed by atoms with Crippen LogP contribution in [0.4, 0.5) is 5.69 Å². The number of carbonyl (C=O) groups excluding carboxylic acids is 2. The van der Waals surface area contributed by atoms with Crippen molar-refractivity contribution in [3.05, 3.63) is 88.5 Å². The van der Waals surface area contributed by atoms with Crippen LogP contribution in [-0.2, 0) is 27.9 Å². The molecule has 32 heavy (non-hydrogen) atoms. The number of ether oxygens (including phenoxy) is 3. The van der Waals surface area contributed by atoms with Crippen LogP contribution in [0.25, 0.3) is 0 Å². The van der Waals surface area contributed by atoms with Gasteiger partial charge in [0.05, 0.1) is 25.8 Å². The minimum Gasteiger partial charge on any atom is -0.493 e. The highest BCUT2D eigenvalue weighted by molar-refractivity contribution is 6.11. The predicted octanol–water partition coefficient (Wildman–Crippen LogP) is 3.63. The number of para-hydroxylation sites is 1. The number of hydrogen-bond donors (Lipinski definition) is 0. The van der Waals surface area contributed by atoms with Crippen LogP contribution in [0.2, 0.25) is 0 Å². The van der Waals surface area contributed by atoms with E-state index in [1.807, 2.05) is 36.4 Å². The van der Waals surface area contributed by atoms with Gasteiger partial charge < -0.3 is 19.1 Å². The molecule has 0 bridgehead atoms. The Balaban J connectivity index is 1.44. The average Bonchev–Trinajstić information content (AvgIpc) is 3.50. The zero-order valence-corrected chi connectivity index (χ0v) is 17.6. The number of fused-ring (bicyclic) bond motifs is 5. The zero-order valence-electron chi connectivity index (χ0n) is 17.6. The summed E-state index contributed by atoms with van der Waals surface area (Å²) < 4.78 is 16.6. The monoisotopic (exact) mass is 427 g/mol. The van der Waals surface area contributed by atoms with Crippen molar-refractivity contribution in [3.8, 4) is 11.5 Å². The van der Waals surface area contributed by atoms with E-state index < -0.39 is 11.4 Å². The van der Waals surface area contributed by atoms with Crippen molar-refractivity contribution in [1.29, 1.82) is 0 Å². The Morgan fingerprint density at radius 2 is 1.91 bits per heavy atom. The number of rotatable bonds is 3. The zero-order chi connectivity index (χ0) is 21.9. The molecule has 1 spiro atoms. The Morgan fingerprint density at radius 3 is 2.78 bits per heavy atom. The maximum atomic E-state index is 14.1. The van der Waals surface area contributed by atoms with Crippen molar-refractivity contribution >= 4 is 17.6 Å². The Labute approximate surface area is 185 Å². The lowest BCUT2D eigenvalue weighted by atomic mass is 9.76. The molecular weight excluding hydrogens is 406 g/mol. The number of amides is 1. The normalized spacial score (nSPS) is 19.9. The fraction of sp³-hybridized carbons (Fsp3) is 0.231. The van der Waals surface area contributed by atoms with E-state index in [4.69, 9.17) is 14.2 Å². The number of anilines is 1. The first-order chi connectivity index (χ1) is 15.6. The molecule has 6 heteroatoms. The van der Waals surface area contributed by atoms with Gasteiger partial charge in [0.15, 0.2) is 0 Å². The smallest absolute Gasteiger partial charge is 0.337 e. The summed E-state index contributed by atoms with van der Waals surface area (Å²) in [5.41, 5.74) is 4.29. The molecule has 0 N–H and O–H groups in total. The lowest BCUT2D eigenvalue weighted by Crippen LogP contribution is -2.42. The van der Waals surface area contributed by atoms with E-state index in [1.54, 1.807) is 23.1 Å². The number of hydrogen-bond acceptors (Lipinski definition) is 5. The fourth-order valence-electron chi connectivity index (χ4n) is 5.10. The van der Waals surface area contributed by atoms with E-state index >= 15 is 0 Å². The van der Waals surface area contributed by atoms with E-state index in [-0.39, 0.29) is 12.5 Å². The van der Waals surface area contributed by atoms with Crippen LogP contribution in [0.1, 0.15) is 32.6 Å². The first kappa shape index (κ1) is 18.9. The number of methoxy groups -OCH3 is 1. The first-order valence-corrected chi connectivity index (χ1v) is 10.6. The predicted molar refractivity (Wildman–Crippen MR) is 117 cm³/mol. The standard InChI is InChI=1S/C26H21NO5/c1-30-24(28)18-6-4-5-16(11-18)14-27-21-8-3-2-7-19(21)26(25(27)29)15-32-23-13-22-17(9-10-31-22)12-20(23)26/h2-8,11-13H,9-10,14-15H2,1H3. The Morgan fingerprint density at radius 1 is 1.03 bits per heavy atom. The second-order valence-electron chi connectivity index (χ2n) is 8.35. The summed E-state index contributed by atoms with van der Waals surface area (Å²) in [4.78, 5) is 27.8. The van der Waals surface area contributed by atoms with E-state index in [0.29, 0.717) is 24.5 Å². The van der Waals surface area contributed by atoms with Gasteiger partial charge in [0.2, 0.25) is 5.91 Å². The molecule has 3 aliphatic rings. The van der Waals surface area contributed by atoms with Gasteiger partial charge in [-0.1, -0.05) is 30.3 Å². The lowest BCUT2D eigenvalue weighted by Gasteiger charge is -2.23. The molecule has 0 saturated carbocycles. The molecule has 1 amide bonds. The highest BCUT2D eigenvalue weighted by Gasteiger charge is 2.57. The Bertz CT molecular complexity index is 1280. The van der Waals surface area contributed by atoms with Gasteiger partial charge in [-0.15, -0.1) is 0 Å². The topological polar surface area (TPSA) is 65.1 Å². The second kappa shape index (κ2) is 6.85. The number of benzene rings is 3. The molecule has 3 aromatic carbocycles. The van der Waals surface area contributed by atoms with Gasteiger partial charge in [-0.05, 0) is 41.0 Å². The molecule has 0 saturated heterocycles. The Hall–Kier alpha value is -3.80. The van der Waals surface area contributed by atoms with Gasteiger partial charge in [-0.3, -0.25) is 4.79 Å². The van der Waals surface area contributed by atoms with Gasteiger partial charge in [0.1, 0.15) is 23.5 Å². The molecule has 3 heterocycles. The third-order valence-corrected chi connectivity index (χ3v) is 6.65. The quantitative estimate of drug-likeness (QED) is 0.598. The van der Waals surface area contributed by atoms with Gasteiger partial charge >= 0.3 is 5.97 Å². The first-order valence-electron chi connectivity index (χ1n) is 10.6. The minimum atomic E-state index is -0.872. The summed E-state index contributed by atoms with van der Waals surface area (Å²) >= 11 is 0. The highest BCUT2D eigenvalue weighted by Crippen LogP contribution is 2.54. The molecule has 1 unspecified atom stereocenters. The second-order valence-corrected chi connectivity index (χ2v) is 8.35. The average molecular weight is 427 g/mol. The molecule has 0 fully saturated rings. The van der Waals surface area contributed by atoms with Gasteiger partial charge in [-0.2, -0.15) is 0 Å². The van der Waals surface area contributed by atoms with Crippen molar-refractivity contribution in [2.45, 2.75) is 18.4 Å². The van der Waals surface area contributed by atoms with Crippen molar-refractivity contribution in [2.75, 3.05) is 25.2 Å². The maximum absolute atomic E-state index is 14.1. The van der Waals surface area contributed by atoms with Crippen LogP contribution >= 0.6 is 0 Å². The summed E-state index contributed by atoms with van der Waals surface area (Å²) in [7, 11) is 1.36. The van der Waals surface area contributed by atoms with Crippen molar-refractivity contribution in [1.82, 2.24) is 0 Å². The summed E-state index contributed by atoms with van der Waals surface area (Å²) in [6.07, 6.45) is 0.832. The SMILES string of the molecule is COC(=O)c1cccc(CN2C(=O)C3(COc4cc5c(cc43)CCO5)c3ccccc32)c1. The van der Waals surface area contributed by atoms with E-state index in [0.717, 1.165) is 40.1 Å². The van der Waals surface area contributed by atoms with Crippen molar-refractivity contribution < 1.29 is 23.8 Å². The molecule has 6 rings (SSSR count). The van der Waals surface area contributed by atoms with Crippen LogP contribution in [0.5, 0.6) is 11.5 Å². The van der Waals surface area contributed by atoms with E-state index in [2.05, 4.69) is 6.07 Å². The van der Waals surface area contributed by atoms with Crippen molar-refractivity contribution in [3.63, 3.8) is 0 Å². The maximum Gasteiger partial charge on any atom is 0.337 e. The summed E-state index contributed by atoms with van der Waals surface area (Å²) in [5, 5.41) is 0. The minimum absolute atomic E-state index is 0.0141. The summed E-state index contributed by atoms with van der Waals surface area (Å²) in [5.74, 6) is 1.14. The summed E-state index contributed by atoms with van der Waals surface area (Å²) in [6, 6.07) is 19.1. The van der Waals surface area contributed by atoms with E-state index in [1.165, 1.54) is 7.11 Å². The molecule has 0 aliphatic carbocycles. The van der Waals surface area contributed by atoms with Crippen LogP contribution in [-0.4, -0.2) is 32.2 Å². The molecule has 6 nitrogen and oxygen atoms in total. The van der Waals surface area contributed by atoms with Crippen LogP contribution < -0.4 is 14.4 Å². The summed E-state index contributed by atoms with van der Waals surface area (Å²) in [6.45, 7) is 1.27. The van der Waals surface area contributed by atoms with Crippen molar-refractivity contribution in [2.24, 2.45) is 0 Å². The largest absolute Gasteiger partial charge is 0.493 e. The van der Waals surface area contributed by atoms with Crippen LogP contribution in [0, 0.1) is 0 Å².